The van der Waals surface area contributed by atoms with Gasteiger partial charge in [0.15, 0.2) is 0 Å². The quantitative estimate of drug-likeness (QED) is 0.158. The maximum Gasteiger partial charge on any atom is 0.407 e. The highest BCUT2D eigenvalue weighted by atomic mass is 16.6. The van der Waals surface area contributed by atoms with Crippen molar-refractivity contribution < 1.29 is 42.7 Å². The summed E-state index contributed by atoms with van der Waals surface area (Å²) in [6.07, 6.45) is -0.446. The monoisotopic (exact) mass is 618 g/mol. The summed E-state index contributed by atoms with van der Waals surface area (Å²) >= 11 is 0. The fourth-order valence-electron chi connectivity index (χ4n) is 4.54. The molecule has 11 nitrogen and oxygen atoms in total. The number of fused-ring (bicyclic) bond motifs is 3. The Kier molecular flexibility index (Phi) is 18.6. The summed E-state index contributed by atoms with van der Waals surface area (Å²) in [5.74, 6) is 0.0446. The molecule has 11 heteroatoms. The lowest BCUT2D eigenvalue weighted by molar-refractivity contribution is -0.0206. The van der Waals surface area contributed by atoms with Crippen LogP contribution in [0.3, 0.4) is 0 Å². The summed E-state index contributed by atoms with van der Waals surface area (Å²) in [7, 11) is 4.04. The van der Waals surface area contributed by atoms with Crippen LogP contribution in [0.2, 0.25) is 0 Å². The zero-order chi connectivity index (χ0) is 31.1. The molecule has 2 aromatic carbocycles. The van der Waals surface area contributed by atoms with Crippen LogP contribution in [-0.4, -0.2) is 137 Å². The van der Waals surface area contributed by atoms with Crippen LogP contribution in [0.25, 0.3) is 11.1 Å². The highest BCUT2D eigenvalue weighted by Gasteiger charge is 2.28. The SMILES string of the molecule is CN(C)CCOCCOCCOCCOCCOCCOCCOCCNC(=O)OCC1c2ccccc2-c2ccccc21. The number of hydrogen-bond acceptors (Lipinski definition) is 10. The number of ether oxygens (including phenoxy) is 8. The van der Waals surface area contributed by atoms with E-state index in [1.807, 2.05) is 38.4 Å². The number of likely N-dealkylation sites (N-methyl/N-ethyl adjacent to an activating group) is 1. The minimum absolute atomic E-state index is 0.0446. The summed E-state index contributed by atoms with van der Waals surface area (Å²) in [5.41, 5.74) is 4.79. The van der Waals surface area contributed by atoms with Crippen molar-refractivity contribution in [3.63, 3.8) is 0 Å². The number of nitrogens with one attached hydrogen (secondary N) is 1. The molecule has 2 aromatic rings. The van der Waals surface area contributed by atoms with E-state index in [-0.39, 0.29) is 5.92 Å². The molecule has 246 valence electrons. The van der Waals surface area contributed by atoms with Crippen molar-refractivity contribution in [2.75, 3.05) is 126 Å². The Hall–Kier alpha value is -2.61. The smallest absolute Gasteiger partial charge is 0.407 e. The molecule has 0 heterocycles. The van der Waals surface area contributed by atoms with Gasteiger partial charge in [-0.2, -0.15) is 0 Å². The first kappa shape index (κ1) is 35.9. The number of benzene rings is 2. The van der Waals surface area contributed by atoms with Crippen LogP contribution >= 0.6 is 0 Å². The van der Waals surface area contributed by atoms with E-state index < -0.39 is 6.09 Å². The third-order valence-corrected chi connectivity index (χ3v) is 6.77. The highest BCUT2D eigenvalue weighted by Crippen LogP contribution is 2.44. The molecule has 3 rings (SSSR count). The number of hydrogen-bond donors (Lipinski definition) is 1. The van der Waals surface area contributed by atoms with Gasteiger partial charge in [0.1, 0.15) is 6.61 Å². The molecule has 0 spiro atoms. The molecule has 0 fully saturated rings. The van der Waals surface area contributed by atoms with Gasteiger partial charge in [-0.1, -0.05) is 48.5 Å². The predicted octanol–water partition coefficient (Wildman–Crippen LogP) is 3.20. The van der Waals surface area contributed by atoms with E-state index in [1.54, 1.807) is 0 Å². The zero-order valence-electron chi connectivity index (χ0n) is 26.3. The Morgan fingerprint density at radius 2 is 0.977 bits per heavy atom. The third kappa shape index (κ3) is 14.4. The van der Waals surface area contributed by atoms with Crippen molar-refractivity contribution >= 4 is 6.09 Å². The standard InChI is InChI=1S/C33H50N2O9/c1-35(2)12-14-38-16-18-40-20-22-42-24-26-43-25-23-41-21-19-39-17-15-37-13-11-34-33(36)44-27-32-30-9-5-3-7-28(30)29-8-4-6-10-31(29)32/h3-10,32H,11-27H2,1-2H3,(H,34,36). The number of carbonyl (C=O) groups is 1. The molecule has 0 saturated carbocycles. The van der Waals surface area contributed by atoms with Crippen LogP contribution in [0.4, 0.5) is 4.79 Å². The minimum atomic E-state index is -0.446. The Balaban J connectivity index is 1.03. The Morgan fingerprint density at radius 3 is 1.41 bits per heavy atom. The first-order chi connectivity index (χ1) is 21.7. The molecule has 0 radical (unpaired) electrons. The van der Waals surface area contributed by atoms with Crippen molar-refractivity contribution in [3.05, 3.63) is 59.7 Å². The van der Waals surface area contributed by atoms with Gasteiger partial charge >= 0.3 is 6.09 Å². The maximum absolute atomic E-state index is 12.2. The lowest BCUT2D eigenvalue weighted by atomic mass is 9.98. The van der Waals surface area contributed by atoms with Crippen LogP contribution in [0.1, 0.15) is 17.0 Å². The lowest BCUT2D eigenvalue weighted by Crippen LogP contribution is -2.29. The maximum atomic E-state index is 12.2. The molecule has 0 bridgehead atoms. The van der Waals surface area contributed by atoms with Crippen molar-refractivity contribution in [2.45, 2.75) is 5.92 Å². The molecule has 44 heavy (non-hydrogen) atoms. The number of amides is 1. The van der Waals surface area contributed by atoms with E-state index in [1.165, 1.54) is 22.3 Å². The Morgan fingerprint density at radius 1 is 0.591 bits per heavy atom. The largest absolute Gasteiger partial charge is 0.449 e. The van der Waals surface area contributed by atoms with Gasteiger partial charge in [-0.15, -0.1) is 0 Å². The summed E-state index contributed by atoms with van der Waals surface area (Å²) in [6, 6.07) is 16.5. The number of carbonyl (C=O) groups excluding carboxylic acids is 1. The van der Waals surface area contributed by atoms with Gasteiger partial charge in [0, 0.05) is 19.0 Å². The van der Waals surface area contributed by atoms with Gasteiger partial charge < -0.3 is 48.1 Å². The van der Waals surface area contributed by atoms with Gasteiger partial charge in [0.05, 0.1) is 92.5 Å². The number of nitrogens with zero attached hydrogens (tertiary/aromatic N) is 1. The van der Waals surface area contributed by atoms with Gasteiger partial charge in [0.2, 0.25) is 0 Å². The van der Waals surface area contributed by atoms with Crippen molar-refractivity contribution in [3.8, 4) is 11.1 Å². The van der Waals surface area contributed by atoms with Crippen LogP contribution in [0.15, 0.2) is 48.5 Å². The van der Waals surface area contributed by atoms with E-state index >= 15 is 0 Å². The number of rotatable bonds is 26. The molecule has 0 unspecified atom stereocenters. The predicted molar refractivity (Wildman–Crippen MR) is 167 cm³/mol. The minimum Gasteiger partial charge on any atom is -0.449 e. The summed E-state index contributed by atoms with van der Waals surface area (Å²) in [4.78, 5) is 14.3. The summed E-state index contributed by atoms with van der Waals surface area (Å²) in [6.45, 7) is 8.81. The van der Waals surface area contributed by atoms with Crippen molar-refractivity contribution in [2.24, 2.45) is 0 Å². The third-order valence-electron chi connectivity index (χ3n) is 6.77. The van der Waals surface area contributed by atoms with Crippen LogP contribution < -0.4 is 5.32 Å². The average Bonchev–Trinajstić information content (AvgIpc) is 3.35. The fourth-order valence-corrected chi connectivity index (χ4v) is 4.54. The normalized spacial score (nSPS) is 12.4. The van der Waals surface area contributed by atoms with E-state index in [4.69, 9.17) is 37.9 Å². The molecule has 1 amide bonds. The number of alkyl carbamates (subject to hydrolysis) is 1. The molecule has 1 aliphatic rings. The second kappa shape index (κ2) is 22.8. The van der Waals surface area contributed by atoms with Crippen LogP contribution in [-0.2, 0) is 37.9 Å². The Bertz CT molecular complexity index is 994. The molecular weight excluding hydrogens is 568 g/mol. The molecule has 0 saturated heterocycles. The second-order valence-electron chi connectivity index (χ2n) is 10.3. The van der Waals surface area contributed by atoms with E-state index in [2.05, 4.69) is 34.5 Å². The Labute approximate surface area is 262 Å². The highest BCUT2D eigenvalue weighted by molar-refractivity contribution is 5.79. The average molecular weight is 619 g/mol. The van der Waals surface area contributed by atoms with Crippen molar-refractivity contribution in [1.82, 2.24) is 10.2 Å². The lowest BCUT2D eigenvalue weighted by Gasteiger charge is -2.14. The zero-order valence-corrected chi connectivity index (χ0v) is 26.3. The molecule has 0 atom stereocenters. The summed E-state index contributed by atoms with van der Waals surface area (Å²) < 4.78 is 43.9. The van der Waals surface area contributed by atoms with E-state index in [9.17, 15) is 4.79 Å². The van der Waals surface area contributed by atoms with Gasteiger partial charge in [0.25, 0.3) is 0 Å². The molecule has 0 aromatic heterocycles. The fraction of sp³-hybridized carbons (Fsp3) is 0.606. The molecular formula is C33H50N2O9. The van der Waals surface area contributed by atoms with Crippen molar-refractivity contribution in [1.29, 1.82) is 0 Å². The first-order valence-corrected chi connectivity index (χ1v) is 15.4. The van der Waals surface area contributed by atoms with Gasteiger partial charge in [-0.05, 0) is 36.3 Å². The van der Waals surface area contributed by atoms with Gasteiger partial charge in [-0.3, -0.25) is 0 Å². The van der Waals surface area contributed by atoms with Gasteiger partial charge in [-0.25, -0.2) is 4.79 Å². The van der Waals surface area contributed by atoms with Crippen LogP contribution in [0.5, 0.6) is 0 Å². The molecule has 0 aliphatic heterocycles. The van der Waals surface area contributed by atoms with Crippen LogP contribution in [0, 0.1) is 0 Å². The molecule has 1 aliphatic carbocycles. The summed E-state index contributed by atoms with van der Waals surface area (Å²) in [5, 5.41) is 2.74. The van der Waals surface area contributed by atoms with E-state index in [0.717, 1.165) is 6.54 Å². The second-order valence-corrected chi connectivity index (χ2v) is 10.3. The molecule has 1 N–H and O–H groups in total. The topological polar surface area (TPSA) is 106 Å². The van der Waals surface area contributed by atoms with E-state index in [0.29, 0.717) is 106 Å². The first-order valence-electron chi connectivity index (χ1n) is 15.4.